The molecule has 1 aliphatic carbocycles. The molecule has 80 valence electrons. The number of epoxide rings is 1. The predicted octanol–water partition coefficient (Wildman–Crippen LogP) is 0.783. The van der Waals surface area contributed by atoms with Crippen molar-refractivity contribution >= 4 is 5.97 Å². The van der Waals surface area contributed by atoms with Crippen molar-refractivity contribution in [1.82, 2.24) is 5.32 Å². The maximum absolute atomic E-state index is 9.25. The molecule has 0 aromatic rings. The number of carboxylic acids is 1. The summed E-state index contributed by atoms with van der Waals surface area (Å²) in [6.07, 6.45) is 5.92. The van der Waals surface area contributed by atoms with Crippen molar-refractivity contribution in [1.29, 1.82) is 0 Å². The molecule has 2 fully saturated rings. The van der Waals surface area contributed by atoms with Gasteiger partial charge in [-0.05, 0) is 26.3 Å². The van der Waals surface area contributed by atoms with Crippen molar-refractivity contribution < 1.29 is 14.6 Å². The standard InChI is InChI=1S/C7H13NO.C3H4O2/c1-8-5-2-3-6-7(4-5)9-6;1-2-3(4)5/h5-8H,2-4H2,1H3;2H,1H2,(H,4,5). The summed E-state index contributed by atoms with van der Waals surface area (Å²) in [5, 5.41) is 10.9. The average molecular weight is 199 g/mol. The third-order valence-electron chi connectivity index (χ3n) is 2.59. The molecule has 2 rings (SSSR count). The first-order valence-electron chi connectivity index (χ1n) is 4.85. The molecule has 0 bridgehead atoms. The van der Waals surface area contributed by atoms with Crippen LogP contribution in [0.15, 0.2) is 12.7 Å². The Kier molecular flexibility index (Phi) is 4.10. The van der Waals surface area contributed by atoms with Gasteiger partial charge in [0.05, 0.1) is 12.2 Å². The van der Waals surface area contributed by atoms with E-state index >= 15 is 0 Å². The Hall–Kier alpha value is -0.870. The summed E-state index contributed by atoms with van der Waals surface area (Å²) in [5.74, 6) is -0.981. The maximum atomic E-state index is 9.25. The van der Waals surface area contributed by atoms with Crippen LogP contribution in [0.5, 0.6) is 0 Å². The lowest BCUT2D eigenvalue weighted by atomic mass is 9.96. The summed E-state index contributed by atoms with van der Waals surface area (Å²) in [7, 11) is 2.04. The van der Waals surface area contributed by atoms with Gasteiger partial charge in [-0.2, -0.15) is 0 Å². The van der Waals surface area contributed by atoms with Gasteiger partial charge < -0.3 is 15.2 Å². The van der Waals surface area contributed by atoms with E-state index in [4.69, 9.17) is 9.84 Å². The zero-order chi connectivity index (χ0) is 10.6. The van der Waals surface area contributed by atoms with Crippen molar-refractivity contribution in [3.05, 3.63) is 12.7 Å². The number of carboxylic acid groups (broad SMARTS) is 1. The van der Waals surface area contributed by atoms with Gasteiger partial charge in [0.2, 0.25) is 0 Å². The van der Waals surface area contributed by atoms with Crippen LogP contribution in [0.4, 0.5) is 0 Å². The third kappa shape index (κ3) is 3.47. The molecule has 0 spiro atoms. The summed E-state index contributed by atoms with van der Waals surface area (Å²) in [6.45, 7) is 2.96. The zero-order valence-electron chi connectivity index (χ0n) is 8.40. The molecule has 1 heterocycles. The summed E-state index contributed by atoms with van der Waals surface area (Å²) < 4.78 is 5.37. The fraction of sp³-hybridized carbons (Fsp3) is 0.700. The fourth-order valence-corrected chi connectivity index (χ4v) is 1.67. The number of aliphatic carboxylic acids is 1. The molecule has 1 saturated heterocycles. The molecule has 1 saturated carbocycles. The quantitative estimate of drug-likeness (QED) is 0.509. The molecule has 4 heteroatoms. The highest BCUT2D eigenvalue weighted by molar-refractivity contribution is 5.78. The average Bonchev–Trinajstić information content (AvgIpc) is 2.96. The van der Waals surface area contributed by atoms with Crippen LogP contribution in [-0.4, -0.2) is 36.4 Å². The smallest absolute Gasteiger partial charge is 0.327 e. The van der Waals surface area contributed by atoms with Crippen molar-refractivity contribution in [3.63, 3.8) is 0 Å². The molecule has 0 radical (unpaired) electrons. The van der Waals surface area contributed by atoms with Crippen molar-refractivity contribution in [2.24, 2.45) is 0 Å². The number of rotatable bonds is 2. The van der Waals surface area contributed by atoms with E-state index in [0.29, 0.717) is 12.2 Å². The molecule has 0 aromatic carbocycles. The zero-order valence-corrected chi connectivity index (χ0v) is 8.40. The van der Waals surface area contributed by atoms with Gasteiger partial charge in [0.25, 0.3) is 0 Å². The Morgan fingerprint density at radius 2 is 2.21 bits per heavy atom. The number of nitrogens with one attached hydrogen (secondary N) is 1. The van der Waals surface area contributed by atoms with E-state index in [9.17, 15) is 4.79 Å². The largest absolute Gasteiger partial charge is 0.478 e. The molecular weight excluding hydrogens is 182 g/mol. The lowest BCUT2D eigenvalue weighted by molar-refractivity contribution is -0.131. The number of ether oxygens (including phenoxy) is 1. The topological polar surface area (TPSA) is 61.9 Å². The van der Waals surface area contributed by atoms with Gasteiger partial charge in [-0.1, -0.05) is 6.58 Å². The third-order valence-corrected chi connectivity index (χ3v) is 2.59. The number of carbonyl (C=O) groups is 1. The number of fused-ring (bicyclic) bond motifs is 1. The minimum Gasteiger partial charge on any atom is -0.478 e. The van der Waals surface area contributed by atoms with E-state index in [1.807, 2.05) is 7.05 Å². The highest BCUT2D eigenvalue weighted by Gasteiger charge is 2.43. The molecular formula is C10H17NO3. The highest BCUT2D eigenvalue weighted by Crippen LogP contribution is 2.36. The van der Waals surface area contributed by atoms with Gasteiger partial charge in [0.15, 0.2) is 0 Å². The number of hydrogen-bond donors (Lipinski definition) is 2. The Labute approximate surface area is 83.9 Å². The Morgan fingerprint density at radius 3 is 2.64 bits per heavy atom. The lowest BCUT2D eigenvalue weighted by Crippen LogP contribution is -2.30. The predicted molar refractivity (Wildman–Crippen MR) is 53.2 cm³/mol. The second-order valence-electron chi connectivity index (χ2n) is 3.55. The lowest BCUT2D eigenvalue weighted by Gasteiger charge is -2.16. The first-order valence-corrected chi connectivity index (χ1v) is 4.85. The Balaban J connectivity index is 0.000000171. The van der Waals surface area contributed by atoms with Gasteiger partial charge in [-0.25, -0.2) is 4.79 Å². The maximum Gasteiger partial charge on any atom is 0.327 e. The van der Waals surface area contributed by atoms with Gasteiger partial charge in [0.1, 0.15) is 0 Å². The minimum absolute atomic E-state index is 0.621. The highest BCUT2D eigenvalue weighted by atomic mass is 16.6. The van der Waals surface area contributed by atoms with Gasteiger partial charge >= 0.3 is 5.97 Å². The van der Waals surface area contributed by atoms with Crippen molar-refractivity contribution in [2.75, 3.05) is 7.05 Å². The Morgan fingerprint density at radius 1 is 1.57 bits per heavy atom. The first-order chi connectivity index (χ1) is 6.67. The van der Waals surface area contributed by atoms with Crippen LogP contribution in [0.1, 0.15) is 19.3 Å². The molecule has 1 aliphatic heterocycles. The molecule has 14 heavy (non-hydrogen) atoms. The van der Waals surface area contributed by atoms with Crippen molar-refractivity contribution in [3.8, 4) is 0 Å². The van der Waals surface area contributed by atoms with E-state index in [1.54, 1.807) is 0 Å². The minimum atomic E-state index is -0.981. The van der Waals surface area contributed by atoms with Crippen LogP contribution in [0.25, 0.3) is 0 Å². The van der Waals surface area contributed by atoms with E-state index in [1.165, 1.54) is 19.3 Å². The molecule has 0 aromatic heterocycles. The monoisotopic (exact) mass is 199 g/mol. The summed E-state index contributed by atoms with van der Waals surface area (Å²) in [5.41, 5.74) is 0. The Bertz CT molecular complexity index is 217. The normalized spacial score (nSPS) is 33.4. The van der Waals surface area contributed by atoms with E-state index in [2.05, 4.69) is 11.9 Å². The fourth-order valence-electron chi connectivity index (χ4n) is 1.67. The summed E-state index contributed by atoms with van der Waals surface area (Å²) in [4.78, 5) is 9.25. The van der Waals surface area contributed by atoms with Crippen LogP contribution in [0, 0.1) is 0 Å². The second-order valence-corrected chi connectivity index (χ2v) is 3.55. The second kappa shape index (κ2) is 5.12. The van der Waals surface area contributed by atoms with E-state index < -0.39 is 5.97 Å². The molecule has 3 unspecified atom stereocenters. The molecule has 4 nitrogen and oxygen atoms in total. The van der Waals surface area contributed by atoms with Crippen LogP contribution in [-0.2, 0) is 9.53 Å². The van der Waals surface area contributed by atoms with Crippen LogP contribution in [0.2, 0.25) is 0 Å². The number of hydrogen-bond acceptors (Lipinski definition) is 3. The summed E-state index contributed by atoms with van der Waals surface area (Å²) >= 11 is 0. The van der Waals surface area contributed by atoms with E-state index in [-0.39, 0.29) is 0 Å². The van der Waals surface area contributed by atoms with E-state index in [0.717, 1.165) is 12.1 Å². The van der Waals surface area contributed by atoms with Crippen molar-refractivity contribution in [2.45, 2.75) is 37.5 Å². The van der Waals surface area contributed by atoms with Crippen LogP contribution < -0.4 is 5.32 Å². The van der Waals surface area contributed by atoms with Crippen LogP contribution >= 0.6 is 0 Å². The van der Waals surface area contributed by atoms with Crippen LogP contribution in [0.3, 0.4) is 0 Å². The van der Waals surface area contributed by atoms with Gasteiger partial charge in [-0.15, -0.1) is 0 Å². The van der Waals surface area contributed by atoms with Gasteiger partial charge in [0, 0.05) is 12.1 Å². The molecule has 0 amide bonds. The van der Waals surface area contributed by atoms with Gasteiger partial charge in [-0.3, -0.25) is 0 Å². The molecule has 2 aliphatic rings. The summed E-state index contributed by atoms with van der Waals surface area (Å²) in [6, 6.07) is 0.730. The molecule has 2 N–H and O–H groups in total. The first kappa shape index (κ1) is 11.2. The SMILES string of the molecule is C=CC(=O)O.CNC1CCC2OC2C1. The molecule has 3 atom stereocenters.